The summed E-state index contributed by atoms with van der Waals surface area (Å²) in [5.41, 5.74) is 8.31. The molecule has 6 nitrogen and oxygen atoms in total. The Morgan fingerprint density at radius 1 is 1.03 bits per heavy atom. The lowest BCUT2D eigenvalue weighted by Gasteiger charge is -2.19. The first-order valence-corrected chi connectivity index (χ1v) is 9.89. The van der Waals surface area contributed by atoms with Crippen molar-refractivity contribution < 1.29 is 19.8 Å². The number of amides is 1. The number of carbonyl (C=O) groups excluding carboxylic acids is 1. The summed E-state index contributed by atoms with van der Waals surface area (Å²) in [6, 6.07) is 20.5. The number of carboxylic acids is 1. The van der Waals surface area contributed by atoms with Crippen LogP contribution in [-0.2, 0) is 9.59 Å². The number of hydrogen-bond donors (Lipinski definition) is 4. The number of carboxylic acid groups (broad SMARTS) is 1. The average Bonchev–Trinajstić information content (AvgIpc) is 3.05. The third-order valence-corrected chi connectivity index (χ3v) is 5.08. The van der Waals surface area contributed by atoms with Gasteiger partial charge in [-0.1, -0.05) is 60.7 Å². The molecule has 1 aliphatic rings. The molecule has 3 rings (SSSR count). The van der Waals surface area contributed by atoms with E-state index in [9.17, 15) is 9.90 Å². The van der Waals surface area contributed by atoms with Gasteiger partial charge in [-0.3, -0.25) is 9.59 Å². The highest BCUT2D eigenvalue weighted by atomic mass is 16.4. The van der Waals surface area contributed by atoms with Crippen molar-refractivity contribution in [2.75, 3.05) is 6.54 Å². The Morgan fingerprint density at radius 3 is 1.93 bits per heavy atom. The summed E-state index contributed by atoms with van der Waals surface area (Å²) in [7, 11) is 0. The van der Waals surface area contributed by atoms with Gasteiger partial charge in [-0.2, -0.15) is 0 Å². The molecular formula is C23H30N2O4. The summed E-state index contributed by atoms with van der Waals surface area (Å²) >= 11 is 0. The van der Waals surface area contributed by atoms with E-state index in [1.165, 1.54) is 11.1 Å². The highest BCUT2D eigenvalue weighted by molar-refractivity contribution is 5.79. The molecule has 1 amide bonds. The summed E-state index contributed by atoms with van der Waals surface area (Å²) in [5.74, 6) is -0.747. The Balaban J connectivity index is 0.000000687. The normalized spacial score (nSPS) is 20.6. The number of carbonyl (C=O) groups is 2. The van der Waals surface area contributed by atoms with Crippen molar-refractivity contribution >= 4 is 11.9 Å². The van der Waals surface area contributed by atoms with E-state index >= 15 is 0 Å². The fourth-order valence-corrected chi connectivity index (χ4v) is 3.64. The van der Waals surface area contributed by atoms with Crippen LogP contribution in [0.15, 0.2) is 60.7 Å². The summed E-state index contributed by atoms with van der Waals surface area (Å²) < 4.78 is 0. The Labute approximate surface area is 171 Å². The molecule has 29 heavy (non-hydrogen) atoms. The zero-order valence-electron chi connectivity index (χ0n) is 16.7. The third-order valence-electron chi connectivity index (χ3n) is 5.08. The van der Waals surface area contributed by atoms with E-state index in [0.717, 1.165) is 13.3 Å². The molecule has 3 atom stereocenters. The number of aliphatic hydroxyl groups excluding tert-OH is 1. The van der Waals surface area contributed by atoms with Crippen LogP contribution >= 0.6 is 0 Å². The van der Waals surface area contributed by atoms with Crippen molar-refractivity contribution in [3.05, 3.63) is 71.8 Å². The minimum absolute atomic E-state index is 0.00636. The number of benzene rings is 2. The average molecular weight is 399 g/mol. The molecule has 0 saturated heterocycles. The molecule has 0 heterocycles. The minimum Gasteiger partial charge on any atom is -0.481 e. The van der Waals surface area contributed by atoms with Gasteiger partial charge in [0.2, 0.25) is 5.91 Å². The van der Waals surface area contributed by atoms with Gasteiger partial charge in [-0.05, 0) is 30.4 Å². The third kappa shape index (κ3) is 7.33. The first-order chi connectivity index (χ1) is 13.9. The van der Waals surface area contributed by atoms with Gasteiger partial charge in [-0.25, -0.2) is 0 Å². The van der Waals surface area contributed by atoms with Crippen LogP contribution in [0.25, 0.3) is 0 Å². The molecule has 0 aromatic heterocycles. The monoisotopic (exact) mass is 398 g/mol. The summed E-state index contributed by atoms with van der Waals surface area (Å²) in [5, 5.41) is 20.2. The molecule has 5 N–H and O–H groups in total. The molecule has 2 aromatic carbocycles. The van der Waals surface area contributed by atoms with Gasteiger partial charge >= 0.3 is 0 Å². The number of rotatable bonds is 6. The van der Waals surface area contributed by atoms with Crippen molar-refractivity contribution in [3.8, 4) is 0 Å². The predicted octanol–water partition coefficient (Wildman–Crippen LogP) is 2.51. The largest absolute Gasteiger partial charge is 0.481 e. The number of nitrogens with two attached hydrogens (primary N) is 1. The topological polar surface area (TPSA) is 113 Å². The highest BCUT2D eigenvalue weighted by Crippen LogP contribution is 2.28. The number of nitrogens with one attached hydrogen (secondary N) is 1. The molecule has 2 aromatic rings. The van der Waals surface area contributed by atoms with Crippen LogP contribution in [0.4, 0.5) is 0 Å². The van der Waals surface area contributed by atoms with Crippen molar-refractivity contribution in [1.29, 1.82) is 0 Å². The van der Waals surface area contributed by atoms with Crippen LogP contribution in [0.2, 0.25) is 0 Å². The van der Waals surface area contributed by atoms with Crippen LogP contribution in [0.3, 0.4) is 0 Å². The van der Waals surface area contributed by atoms with Gasteiger partial charge in [-0.15, -0.1) is 0 Å². The maximum absolute atomic E-state index is 12.3. The number of aliphatic hydroxyl groups is 1. The molecule has 156 valence electrons. The van der Waals surface area contributed by atoms with Crippen LogP contribution in [0.1, 0.15) is 43.2 Å². The fourth-order valence-electron chi connectivity index (χ4n) is 3.64. The van der Waals surface area contributed by atoms with Crippen molar-refractivity contribution in [2.45, 2.75) is 44.2 Å². The van der Waals surface area contributed by atoms with Gasteiger partial charge in [0.25, 0.3) is 5.97 Å². The molecule has 6 heteroatoms. The molecule has 0 aliphatic heterocycles. The standard InChI is InChI=1S/C21H26N2O2.C2H4O2/c22-19-13-17(14-20(19)24)21(25)23-12-11-18(15-7-3-1-4-8-15)16-9-5-2-6-10-16;1-2(3)4/h1-10,17-20,24H,11-14,22H2,(H,23,25);1H3,(H,3,4)/t17-,19-,20-;/m0./s1. The molecule has 1 aliphatic carbocycles. The zero-order valence-corrected chi connectivity index (χ0v) is 16.7. The minimum atomic E-state index is -0.833. The molecule has 1 saturated carbocycles. The zero-order chi connectivity index (χ0) is 21.2. The molecule has 0 spiro atoms. The number of hydrogen-bond acceptors (Lipinski definition) is 4. The van der Waals surface area contributed by atoms with Gasteiger partial charge < -0.3 is 21.3 Å². The quantitative estimate of drug-likeness (QED) is 0.597. The second-order valence-electron chi connectivity index (χ2n) is 7.37. The Bertz CT molecular complexity index is 713. The van der Waals surface area contributed by atoms with E-state index in [0.29, 0.717) is 19.4 Å². The first-order valence-electron chi connectivity index (χ1n) is 9.89. The molecular weight excluding hydrogens is 368 g/mol. The van der Waals surface area contributed by atoms with Crippen molar-refractivity contribution in [1.82, 2.24) is 5.32 Å². The lowest BCUT2D eigenvalue weighted by Crippen LogP contribution is -2.32. The molecule has 1 fully saturated rings. The van der Waals surface area contributed by atoms with E-state index in [1.807, 2.05) is 36.4 Å². The van der Waals surface area contributed by atoms with Crippen LogP contribution in [-0.4, -0.2) is 40.8 Å². The van der Waals surface area contributed by atoms with E-state index in [-0.39, 0.29) is 23.8 Å². The Hall–Kier alpha value is -2.70. The van der Waals surface area contributed by atoms with Crippen molar-refractivity contribution in [3.63, 3.8) is 0 Å². The second-order valence-corrected chi connectivity index (χ2v) is 7.37. The molecule has 0 unspecified atom stereocenters. The summed E-state index contributed by atoms with van der Waals surface area (Å²) in [4.78, 5) is 21.3. The maximum atomic E-state index is 12.3. The van der Waals surface area contributed by atoms with E-state index in [1.54, 1.807) is 0 Å². The van der Waals surface area contributed by atoms with Gasteiger partial charge in [0.15, 0.2) is 0 Å². The van der Waals surface area contributed by atoms with Crippen LogP contribution in [0, 0.1) is 5.92 Å². The highest BCUT2D eigenvalue weighted by Gasteiger charge is 2.34. The lowest BCUT2D eigenvalue weighted by molar-refractivity contribution is -0.134. The van der Waals surface area contributed by atoms with E-state index in [2.05, 4.69) is 29.6 Å². The first kappa shape index (κ1) is 22.6. The SMILES string of the molecule is CC(=O)O.N[C@H]1C[C@H](C(=O)NCCC(c2ccccc2)c2ccccc2)C[C@@H]1O. The molecule has 0 bridgehead atoms. The fraction of sp³-hybridized carbons (Fsp3) is 0.391. The lowest BCUT2D eigenvalue weighted by atomic mass is 9.88. The maximum Gasteiger partial charge on any atom is 0.300 e. The summed E-state index contributed by atoms with van der Waals surface area (Å²) in [6.45, 7) is 1.69. The predicted molar refractivity (Wildman–Crippen MR) is 112 cm³/mol. The summed E-state index contributed by atoms with van der Waals surface area (Å²) in [6.07, 6.45) is 1.31. The van der Waals surface area contributed by atoms with Crippen molar-refractivity contribution in [2.24, 2.45) is 11.7 Å². The Kier molecular flexibility index (Phi) is 8.83. The van der Waals surface area contributed by atoms with Gasteiger partial charge in [0.05, 0.1) is 6.10 Å². The van der Waals surface area contributed by atoms with Crippen LogP contribution in [0.5, 0.6) is 0 Å². The van der Waals surface area contributed by atoms with Gasteiger partial charge in [0.1, 0.15) is 0 Å². The van der Waals surface area contributed by atoms with Gasteiger partial charge in [0, 0.05) is 31.3 Å². The van der Waals surface area contributed by atoms with Crippen LogP contribution < -0.4 is 11.1 Å². The van der Waals surface area contributed by atoms with E-state index < -0.39 is 12.1 Å². The second kappa shape index (κ2) is 11.3. The smallest absolute Gasteiger partial charge is 0.300 e. The Morgan fingerprint density at radius 2 is 1.52 bits per heavy atom. The number of aliphatic carboxylic acids is 1. The van der Waals surface area contributed by atoms with E-state index in [4.69, 9.17) is 15.6 Å². The molecule has 0 radical (unpaired) electrons.